The second-order valence-corrected chi connectivity index (χ2v) is 3.10. The Balaban J connectivity index is 2.05. The highest BCUT2D eigenvalue weighted by atomic mass is 16.5. The van der Waals surface area contributed by atoms with Gasteiger partial charge in [0.15, 0.2) is 0 Å². The summed E-state index contributed by atoms with van der Waals surface area (Å²) in [6.45, 7) is 3.39. The van der Waals surface area contributed by atoms with E-state index in [-0.39, 0.29) is 0 Å². The summed E-state index contributed by atoms with van der Waals surface area (Å²) in [5.74, 6) is 0. The number of hydrogen-bond acceptors (Lipinski definition) is 3. The molecule has 68 valence electrons. The fourth-order valence-corrected chi connectivity index (χ4v) is 1.10. The molecule has 3 heteroatoms. The Kier molecular flexibility index (Phi) is 2.27. The van der Waals surface area contributed by atoms with Crippen molar-refractivity contribution in [3.8, 4) is 0 Å². The molecule has 1 aliphatic rings. The van der Waals surface area contributed by atoms with Crippen molar-refractivity contribution in [2.75, 3.05) is 18.6 Å². The van der Waals surface area contributed by atoms with Crippen molar-refractivity contribution >= 4 is 11.4 Å². The molecule has 0 spiro atoms. The van der Waals surface area contributed by atoms with Gasteiger partial charge in [0.25, 0.3) is 0 Å². The van der Waals surface area contributed by atoms with Crippen LogP contribution in [0.4, 0.5) is 5.69 Å². The molecule has 1 N–H and O–H groups in total. The van der Waals surface area contributed by atoms with E-state index in [4.69, 9.17) is 4.74 Å². The van der Waals surface area contributed by atoms with Crippen molar-refractivity contribution in [1.82, 2.24) is 0 Å². The Morgan fingerprint density at radius 3 is 2.69 bits per heavy atom. The van der Waals surface area contributed by atoms with E-state index in [1.807, 2.05) is 18.2 Å². The third-order valence-corrected chi connectivity index (χ3v) is 2.02. The van der Waals surface area contributed by atoms with Crippen LogP contribution in [-0.4, -0.2) is 18.9 Å². The summed E-state index contributed by atoms with van der Waals surface area (Å²) in [6.07, 6.45) is 0. The number of nitrogens with one attached hydrogen (secondary N) is 1. The second-order valence-electron chi connectivity index (χ2n) is 3.10. The molecular weight excluding hydrogens is 164 g/mol. The lowest BCUT2D eigenvalue weighted by Gasteiger charge is -2.16. The van der Waals surface area contributed by atoms with Gasteiger partial charge >= 0.3 is 0 Å². The minimum Gasteiger partial charge on any atom is -0.369 e. The molecule has 0 aromatic heterocycles. The normalized spacial score (nSPS) is 15.0. The first-order valence-corrected chi connectivity index (χ1v) is 4.31. The SMILES string of the molecule is Cc1ccccc1NN=C1COC1. The maximum atomic E-state index is 4.98. The summed E-state index contributed by atoms with van der Waals surface area (Å²) in [5.41, 5.74) is 6.35. The molecule has 1 heterocycles. The van der Waals surface area contributed by atoms with Crippen molar-refractivity contribution in [2.45, 2.75) is 6.92 Å². The Labute approximate surface area is 77.4 Å². The molecule has 2 rings (SSSR count). The maximum absolute atomic E-state index is 4.98. The predicted molar refractivity (Wildman–Crippen MR) is 53.1 cm³/mol. The number of para-hydroxylation sites is 1. The smallest absolute Gasteiger partial charge is 0.0896 e. The summed E-state index contributed by atoms with van der Waals surface area (Å²) in [4.78, 5) is 0. The first kappa shape index (κ1) is 8.26. The molecule has 1 aromatic rings. The van der Waals surface area contributed by atoms with Crippen LogP contribution in [0.2, 0.25) is 0 Å². The predicted octanol–water partition coefficient (Wildman–Crippen LogP) is 1.79. The van der Waals surface area contributed by atoms with Crippen molar-refractivity contribution < 1.29 is 4.74 Å². The maximum Gasteiger partial charge on any atom is 0.0896 e. The molecule has 1 aromatic carbocycles. The van der Waals surface area contributed by atoms with Crippen molar-refractivity contribution in [1.29, 1.82) is 0 Å². The van der Waals surface area contributed by atoms with Crippen LogP contribution in [0.5, 0.6) is 0 Å². The highest BCUT2D eigenvalue weighted by Crippen LogP contribution is 2.13. The summed E-state index contributed by atoms with van der Waals surface area (Å²) in [7, 11) is 0. The van der Waals surface area contributed by atoms with E-state index in [9.17, 15) is 0 Å². The topological polar surface area (TPSA) is 33.6 Å². The van der Waals surface area contributed by atoms with E-state index >= 15 is 0 Å². The fraction of sp³-hybridized carbons (Fsp3) is 0.300. The summed E-state index contributed by atoms with van der Waals surface area (Å²) >= 11 is 0. The Morgan fingerprint density at radius 2 is 2.08 bits per heavy atom. The largest absolute Gasteiger partial charge is 0.369 e. The first-order valence-electron chi connectivity index (χ1n) is 4.31. The molecule has 0 amide bonds. The van der Waals surface area contributed by atoms with Gasteiger partial charge in [-0.1, -0.05) is 18.2 Å². The van der Waals surface area contributed by atoms with Gasteiger partial charge in [-0.05, 0) is 18.6 Å². The van der Waals surface area contributed by atoms with E-state index in [1.165, 1.54) is 5.56 Å². The number of ether oxygens (including phenoxy) is 1. The summed E-state index contributed by atoms with van der Waals surface area (Å²) < 4.78 is 4.98. The van der Waals surface area contributed by atoms with Crippen LogP contribution in [0.25, 0.3) is 0 Å². The Hall–Kier alpha value is -1.35. The fourth-order valence-electron chi connectivity index (χ4n) is 1.10. The van der Waals surface area contributed by atoms with E-state index in [0.717, 1.165) is 11.4 Å². The molecule has 3 nitrogen and oxygen atoms in total. The van der Waals surface area contributed by atoms with Gasteiger partial charge < -0.3 is 4.74 Å². The Morgan fingerprint density at radius 1 is 1.31 bits per heavy atom. The summed E-state index contributed by atoms with van der Waals surface area (Å²) in [5, 5.41) is 4.20. The van der Waals surface area contributed by atoms with Gasteiger partial charge in [-0.2, -0.15) is 5.10 Å². The van der Waals surface area contributed by atoms with Crippen molar-refractivity contribution in [3.05, 3.63) is 29.8 Å². The number of aryl methyl sites for hydroxylation is 1. The number of benzene rings is 1. The van der Waals surface area contributed by atoms with Crippen LogP contribution in [0.15, 0.2) is 29.4 Å². The first-order chi connectivity index (χ1) is 6.36. The second kappa shape index (κ2) is 3.58. The molecule has 1 aliphatic heterocycles. The number of anilines is 1. The van der Waals surface area contributed by atoms with Crippen LogP contribution in [0.3, 0.4) is 0 Å². The standard InChI is InChI=1S/C10H12N2O/c1-8-4-2-3-5-10(8)12-11-9-6-13-7-9/h2-5,12H,6-7H2,1H3. The average Bonchev–Trinajstić information content (AvgIpc) is 2.05. The lowest BCUT2D eigenvalue weighted by atomic mass is 10.2. The molecule has 1 saturated heterocycles. The zero-order valence-corrected chi connectivity index (χ0v) is 7.58. The van der Waals surface area contributed by atoms with E-state index in [1.54, 1.807) is 0 Å². The van der Waals surface area contributed by atoms with E-state index in [2.05, 4.69) is 23.5 Å². The van der Waals surface area contributed by atoms with Gasteiger partial charge in [0.1, 0.15) is 0 Å². The highest BCUT2D eigenvalue weighted by Gasteiger charge is 2.09. The molecule has 0 radical (unpaired) electrons. The molecular formula is C10H12N2O. The molecule has 0 atom stereocenters. The van der Waals surface area contributed by atoms with Crippen molar-refractivity contribution in [2.24, 2.45) is 5.10 Å². The molecule has 13 heavy (non-hydrogen) atoms. The van der Waals surface area contributed by atoms with E-state index in [0.29, 0.717) is 13.2 Å². The monoisotopic (exact) mass is 176 g/mol. The zero-order chi connectivity index (χ0) is 9.10. The lowest BCUT2D eigenvalue weighted by molar-refractivity contribution is 0.159. The molecule has 0 saturated carbocycles. The number of hydrazone groups is 1. The lowest BCUT2D eigenvalue weighted by Crippen LogP contribution is -2.28. The van der Waals surface area contributed by atoms with Gasteiger partial charge in [0.2, 0.25) is 0 Å². The van der Waals surface area contributed by atoms with Crippen LogP contribution in [-0.2, 0) is 4.74 Å². The van der Waals surface area contributed by atoms with Gasteiger partial charge in [-0.15, -0.1) is 0 Å². The minimum absolute atomic E-state index is 0.666. The zero-order valence-electron chi connectivity index (χ0n) is 7.58. The van der Waals surface area contributed by atoms with Gasteiger partial charge in [-0.3, -0.25) is 5.43 Å². The summed E-state index contributed by atoms with van der Waals surface area (Å²) in [6, 6.07) is 8.08. The van der Waals surface area contributed by atoms with Crippen LogP contribution in [0, 0.1) is 6.92 Å². The van der Waals surface area contributed by atoms with Crippen LogP contribution >= 0.6 is 0 Å². The van der Waals surface area contributed by atoms with Crippen LogP contribution in [0.1, 0.15) is 5.56 Å². The highest BCUT2D eigenvalue weighted by molar-refractivity contribution is 5.91. The number of hydrogen-bond donors (Lipinski definition) is 1. The Bertz CT molecular complexity index is 327. The molecule has 1 fully saturated rings. The molecule has 0 unspecified atom stereocenters. The van der Waals surface area contributed by atoms with E-state index < -0.39 is 0 Å². The third-order valence-electron chi connectivity index (χ3n) is 2.02. The van der Waals surface area contributed by atoms with Gasteiger partial charge in [0.05, 0.1) is 24.6 Å². The molecule has 0 aliphatic carbocycles. The third kappa shape index (κ3) is 1.87. The van der Waals surface area contributed by atoms with Crippen LogP contribution < -0.4 is 5.43 Å². The molecule has 0 bridgehead atoms. The number of nitrogens with zero attached hydrogens (tertiary/aromatic N) is 1. The minimum atomic E-state index is 0.666. The van der Waals surface area contributed by atoms with Gasteiger partial charge in [-0.25, -0.2) is 0 Å². The number of rotatable bonds is 2. The van der Waals surface area contributed by atoms with Gasteiger partial charge in [0, 0.05) is 0 Å². The van der Waals surface area contributed by atoms with Crippen molar-refractivity contribution in [3.63, 3.8) is 0 Å². The average molecular weight is 176 g/mol. The quantitative estimate of drug-likeness (QED) is 0.697.